The van der Waals surface area contributed by atoms with Gasteiger partial charge in [-0.15, -0.1) is 0 Å². The van der Waals surface area contributed by atoms with Gasteiger partial charge >= 0.3 is 6.03 Å². The lowest BCUT2D eigenvalue weighted by Crippen LogP contribution is -2.31. The zero-order chi connectivity index (χ0) is 16.8. The summed E-state index contributed by atoms with van der Waals surface area (Å²) in [6.07, 6.45) is 3.53. The molecule has 0 saturated carbocycles. The van der Waals surface area contributed by atoms with Gasteiger partial charge in [-0.3, -0.25) is 9.67 Å². The fourth-order valence-corrected chi connectivity index (χ4v) is 2.15. The molecular weight excluding hydrogens is 309 g/mol. The number of halogens is 1. The fourth-order valence-electron chi connectivity index (χ4n) is 2.15. The molecule has 0 atom stereocenters. The average Bonchev–Trinajstić information content (AvgIpc) is 3.07. The number of hydrogen-bond donors (Lipinski definition) is 2. The van der Waals surface area contributed by atoms with Crippen molar-refractivity contribution in [2.24, 2.45) is 0 Å². The van der Waals surface area contributed by atoms with Gasteiger partial charge in [0.25, 0.3) is 0 Å². The van der Waals surface area contributed by atoms with E-state index < -0.39 is 11.8 Å². The molecule has 0 radical (unpaired) electrons. The lowest BCUT2D eigenvalue weighted by Gasteiger charge is -2.08. The molecule has 24 heavy (non-hydrogen) atoms. The smallest absolute Gasteiger partial charge is 0.319 e. The molecule has 0 spiro atoms. The highest BCUT2D eigenvalue weighted by Gasteiger charge is 2.06. The molecule has 1 aromatic carbocycles. The Morgan fingerprint density at radius 3 is 2.71 bits per heavy atom. The first-order valence-electron chi connectivity index (χ1n) is 7.46. The van der Waals surface area contributed by atoms with E-state index in [9.17, 15) is 9.18 Å². The fraction of sp³-hybridized carbons (Fsp3) is 0.118. The molecule has 2 heterocycles. The Bertz CT molecular complexity index is 819. The molecule has 0 bridgehead atoms. The number of urea groups is 1. The van der Waals surface area contributed by atoms with E-state index in [0.717, 1.165) is 11.4 Å². The van der Waals surface area contributed by atoms with E-state index in [2.05, 4.69) is 20.7 Å². The van der Waals surface area contributed by atoms with E-state index in [0.29, 0.717) is 13.1 Å². The number of aromatic nitrogens is 3. The largest absolute Gasteiger partial charge is 0.336 e. The van der Waals surface area contributed by atoms with Crippen molar-refractivity contribution in [3.05, 3.63) is 66.7 Å². The summed E-state index contributed by atoms with van der Waals surface area (Å²) in [5.41, 5.74) is 1.71. The summed E-state index contributed by atoms with van der Waals surface area (Å²) in [5.74, 6) is -0.472. The molecular formula is C17H16FN5O. The minimum Gasteiger partial charge on any atom is -0.336 e. The van der Waals surface area contributed by atoms with Gasteiger partial charge in [-0.2, -0.15) is 5.10 Å². The van der Waals surface area contributed by atoms with Crippen LogP contribution in [0.5, 0.6) is 0 Å². The molecule has 3 aromatic rings. The van der Waals surface area contributed by atoms with Crippen LogP contribution in [0.4, 0.5) is 14.9 Å². The molecule has 6 nitrogen and oxygen atoms in total. The first-order chi connectivity index (χ1) is 11.7. The molecule has 0 unspecified atom stereocenters. The lowest BCUT2D eigenvalue weighted by atomic mass is 10.3. The number of carbonyl (C=O) groups is 1. The molecule has 0 fully saturated rings. The number of benzene rings is 1. The second-order valence-electron chi connectivity index (χ2n) is 5.04. The predicted octanol–water partition coefficient (Wildman–Crippen LogP) is 2.91. The van der Waals surface area contributed by atoms with Crippen molar-refractivity contribution in [3.63, 3.8) is 0 Å². The molecule has 2 amide bonds. The topological polar surface area (TPSA) is 71.8 Å². The van der Waals surface area contributed by atoms with Gasteiger partial charge in [0, 0.05) is 18.9 Å². The summed E-state index contributed by atoms with van der Waals surface area (Å²) in [5, 5.41) is 9.52. The van der Waals surface area contributed by atoms with Gasteiger partial charge in [0.05, 0.1) is 17.9 Å². The van der Waals surface area contributed by atoms with Crippen LogP contribution in [0.15, 0.2) is 60.9 Å². The Balaban J connectivity index is 1.49. The minimum absolute atomic E-state index is 0.145. The van der Waals surface area contributed by atoms with Crippen molar-refractivity contribution >= 4 is 11.7 Å². The molecule has 0 aliphatic carbocycles. The Morgan fingerprint density at radius 1 is 1.08 bits per heavy atom. The van der Waals surface area contributed by atoms with Gasteiger partial charge in [-0.25, -0.2) is 9.18 Å². The molecule has 3 rings (SSSR count). The van der Waals surface area contributed by atoms with Crippen molar-refractivity contribution in [1.82, 2.24) is 20.1 Å². The number of anilines is 1. The number of carbonyl (C=O) groups excluding carboxylic acids is 1. The number of nitrogens with zero attached hydrogens (tertiary/aromatic N) is 3. The second kappa shape index (κ2) is 7.36. The predicted molar refractivity (Wildman–Crippen MR) is 88.9 cm³/mol. The third-order valence-corrected chi connectivity index (χ3v) is 3.32. The van der Waals surface area contributed by atoms with E-state index in [-0.39, 0.29) is 5.69 Å². The van der Waals surface area contributed by atoms with E-state index in [4.69, 9.17) is 0 Å². The highest BCUT2D eigenvalue weighted by atomic mass is 19.1. The molecule has 7 heteroatoms. The van der Waals surface area contributed by atoms with Crippen LogP contribution in [-0.4, -0.2) is 27.3 Å². The van der Waals surface area contributed by atoms with Gasteiger partial charge in [0.1, 0.15) is 11.5 Å². The van der Waals surface area contributed by atoms with Crippen molar-refractivity contribution in [1.29, 1.82) is 0 Å². The Labute approximate surface area is 138 Å². The zero-order valence-electron chi connectivity index (χ0n) is 12.8. The summed E-state index contributed by atoms with van der Waals surface area (Å²) >= 11 is 0. The van der Waals surface area contributed by atoms with E-state index in [1.807, 2.05) is 30.5 Å². The SMILES string of the molecule is O=C(NCCn1ccc(-c2ccccn2)n1)Nc1ccccc1F. The number of nitrogens with one attached hydrogen (secondary N) is 2. The van der Waals surface area contributed by atoms with Crippen LogP contribution in [0.1, 0.15) is 0 Å². The third-order valence-electron chi connectivity index (χ3n) is 3.32. The molecule has 2 aromatic heterocycles. The number of amides is 2. The Hall–Kier alpha value is -3.22. The molecule has 0 aliphatic rings. The summed E-state index contributed by atoms with van der Waals surface area (Å²) in [6.45, 7) is 0.862. The van der Waals surface area contributed by atoms with Crippen LogP contribution in [-0.2, 0) is 6.54 Å². The summed E-state index contributed by atoms with van der Waals surface area (Å²) < 4.78 is 15.2. The van der Waals surface area contributed by atoms with Crippen molar-refractivity contribution < 1.29 is 9.18 Å². The van der Waals surface area contributed by atoms with Crippen LogP contribution in [0.3, 0.4) is 0 Å². The lowest BCUT2D eigenvalue weighted by molar-refractivity contribution is 0.251. The highest BCUT2D eigenvalue weighted by Crippen LogP contribution is 2.13. The van der Waals surface area contributed by atoms with E-state index in [1.165, 1.54) is 12.1 Å². The van der Waals surface area contributed by atoms with Gasteiger partial charge in [0.2, 0.25) is 0 Å². The number of para-hydroxylation sites is 1. The average molecular weight is 325 g/mol. The van der Waals surface area contributed by atoms with Crippen LogP contribution < -0.4 is 10.6 Å². The standard InChI is InChI=1S/C17H16FN5O/c18-13-5-1-2-6-14(13)21-17(24)20-10-12-23-11-8-16(22-23)15-7-3-4-9-19-15/h1-9,11H,10,12H2,(H2,20,21,24). The van der Waals surface area contributed by atoms with Gasteiger partial charge in [-0.05, 0) is 30.3 Å². The normalized spacial score (nSPS) is 10.4. The molecule has 2 N–H and O–H groups in total. The van der Waals surface area contributed by atoms with Crippen LogP contribution in [0, 0.1) is 5.82 Å². The second-order valence-corrected chi connectivity index (χ2v) is 5.04. The van der Waals surface area contributed by atoms with Crippen LogP contribution >= 0.6 is 0 Å². The first kappa shape index (κ1) is 15.7. The summed E-state index contributed by atoms with van der Waals surface area (Å²) in [7, 11) is 0. The molecule has 0 saturated heterocycles. The van der Waals surface area contributed by atoms with Gasteiger partial charge in [-0.1, -0.05) is 18.2 Å². The van der Waals surface area contributed by atoms with Crippen molar-refractivity contribution in [2.75, 3.05) is 11.9 Å². The van der Waals surface area contributed by atoms with Crippen LogP contribution in [0.25, 0.3) is 11.4 Å². The number of pyridine rings is 1. The first-order valence-corrected chi connectivity index (χ1v) is 7.46. The van der Waals surface area contributed by atoms with Crippen molar-refractivity contribution in [2.45, 2.75) is 6.54 Å². The maximum atomic E-state index is 13.4. The number of hydrogen-bond acceptors (Lipinski definition) is 3. The van der Waals surface area contributed by atoms with Crippen molar-refractivity contribution in [3.8, 4) is 11.4 Å². The summed E-state index contributed by atoms with van der Waals surface area (Å²) in [4.78, 5) is 16.0. The van der Waals surface area contributed by atoms with E-state index >= 15 is 0 Å². The van der Waals surface area contributed by atoms with Gasteiger partial charge < -0.3 is 10.6 Å². The maximum Gasteiger partial charge on any atom is 0.319 e. The Kier molecular flexibility index (Phi) is 4.81. The minimum atomic E-state index is -0.472. The van der Waals surface area contributed by atoms with Gasteiger partial charge in [0.15, 0.2) is 0 Å². The zero-order valence-corrected chi connectivity index (χ0v) is 12.8. The molecule has 0 aliphatic heterocycles. The molecule has 122 valence electrons. The third kappa shape index (κ3) is 3.95. The number of rotatable bonds is 5. The highest BCUT2D eigenvalue weighted by molar-refractivity contribution is 5.89. The maximum absolute atomic E-state index is 13.4. The van der Waals surface area contributed by atoms with E-state index in [1.54, 1.807) is 23.0 Å². The summed E-state index contributed by atoms with van der Waals surface area (Å²) in [6, 6.07) is 13.0. The monoisotopic (exact) mass is 325 g/mol. The van der Waals surface area contributed by atoms with Crippen LogP contribution in [0.2, 0.25) is 0 Å². The Morgan fingerprint density at radius 2 is 1.92 bits per heavy atom. The quantitative estimate of drug-likeness (QED) is 0.757.